The molecule has 2 aromatic carbocycles. The number of benzene rings is 2. The second kappa shape index (κ2) is 14.7. The summed E-state index contributed by atoms with van der Waals surface area (Å²) >= 11 is 2.40. The maximum atomic E-state index is 13.7. The van der Waals surface area contributed by atoms with E-state index in [9.17, 15) is 31.1 Å². The minimum absolute atomic E-state index is 0.256. The summed E-state index contributed by atoms with van der Waals surface area (Å²) in [5.41, 5.74) is 2.27. The number of amides is 1. The fourth-order valence-electron chi connectivity index (χ4n) is 3.84. The number of halogens is 6. The van der Waals surface area contributed by atoms with Gasteiger partial charge in [-0.05, 0) is 78.9 Å². The Bertz CT molecular complexity index is 1240. The molecule has 12 heteroatoms. The van der Waals surface area contributed by atoms with Gasteiger partial charge in [0.25, 0.3) is 11.8 Å². The molecule has 1 unspecified atom stereocenters. The molecular formula is C28H30F6N2O2S2. The molecule has 1 aromatic heterocycles. The van der Waals surface area contributed by atoms with Gasteiger partial charge < -0.3 is 10.1 Å². The van der Waals surface area contributed by atoms with E-state index < -0.39 is 36.3 Å². The lowest BCUT2D eigenvalue weighted by Crippen LogP contribution is -2.35. The molecule has 1 heterocycles. The van der Waals surface area contributed by atoms with E-state index in [-0.39, 0.29) is 5.91 Å². The van der Waals surface area contributed by atoms with Gasteiger partial charge in [-0.15, -0.1) is 23.1 Å². The topological polar surface area (TPSA) is 58.2 Å². The van der Waals surface area contributed by atoms with Crippen molar-refractivity contribution in [2.45, 2.75) is 49.6 Å². The summed E-state index contributed by atoms with van der Waals surface area (Å²) in [6, 6.07) is 11.9. The molecule has 0 bridgehead atoms. The van der Waals surface area contributed by atoms with Crippen molar-refractivity contribution in [2.24, 2.45) is 0 Å². The Labute approximate surface area is 237 Å². The van der Waals surface area contributed by atoms with Gasteiger partial charge in [-0.1, -0.05) is 19.1 Å². The zero-order valence-electron chi connectivity index (χ0n) is 22.1. The Kier molecular flexibility index (Phi) is 12.3. The first-order chi connectivity index (χ1) is 18.8. The zero-order valence-corrected chi connectivity index (χ0v) is 23.8. The molecule has 0 saturated heterocycles. The van der Waals surface area contributed by atoms with Gasteiger partial charge in [0.05, 0.1) is 22.4 Å². The van der Waals surface area contributed by atoms with Gasteiger partial charge in [0, 0.05) is 16.3 Å². The van der Waals surface area contributed by atoms with Gasteiger partial charge in [0.2, 0.25) is 0 Å². The summed E-state index contributed by atoms with van der Waals surface area (Å²) in [5.74, 6) is -3.80. The number of thiophene rings is 1. The van der Waals surface area contributed by atoms with Gasteiger partial charge in [0.15, 0.2) is 6.67 Å². The van der Waals surface area contributed by atoms with Gasteiger partial charge in [-0.3, -0.25) is 10.1 Å². The lowest BCUT2D eigenvalue weighted by molar-refractivity contribution is -0.137. The summed E-state index contributed by atoms with van der Waals surface area (Å²) in [6.45, 7) is 5.39. The SMILES string of the molecule is C=O.CCCNC(=O)c1ccc(C(NCC(F)(F)CF)Sc2cc(C)c(-c3ccc(C(F)(F)F)cc3)c(C)c2)s1. The van der Waals surface area contributed by atoms with E-state index in [4.69, 9.17) is 4.79 Å². The van der Waals surface area contributed by atoms with E-state index in [1.54, 1.807) is 12.1 Å². The molecule has 1 atom stereocenters. The van der Waals surface area contributed by atoms with Crippen molar-refractivity contribution >= 4 is 35.8 Å². The molecule has 0 spiro atoms. The second-order valence-corrected chi connectivity index (χ2v) is 11.1. The molecule has 218 valence electrons. The lowest BCUT2D eigenvalue weighted by Gasteiger charge is -2.21. The molecule has 40 heavy (non-hydrogen) atoms. The van der Waals surface area contributed by atoms with Crippen LogP contribution in [-0.2, 0) is 11.0 Å². The molecule has 2 N–H and O–H groups in total. The van der Waals surface area contributed by atoms with E-state index in [0.29, 0.717) is 21.9 Å². The highest BCUT2D eigenvalue weighted by Gasteiger charge is 2.31. The van der Waals surface area contributed by atoms with Gasteiger partial charge in [-0.2, -0.15) is 13.2 Å². The van der Waals surface area contributed by atoms with Crippen molar-refractivity contribution in [1.29, 1.82) is 0 Å². The average molecular weight is 605 g/mol. The van der Waals surface area contributed by atoms with Crippen LogP contribution >= 0.6 is 23.1 Å². The Balaban J connectivity index is 0.00000274. The number of alkyl halides is 6. The lowest BCUT2D eigenvalue weighted by atomic mass is 9.95. The van der Waals surface area contributed by atoms with Crippen LogP contribution in [0.25, 0.3) is 11.1 Å². The third kappa shape index (κ3) is 9.10. The van der Waals surface area contributed by atoms with Crippen LogP contribution in [0, 0.1) is 13.8 Å². The van der Waals surface area contributed by atoms with Crippen molar-refractivity contribution in [3.05, 3.63) is 75.0 Å². The van der Waals surface area contributed by atoms with E-state index in [1.165, 1.54) is 23.9 Å². The van der Waals surface area contributed by atoms with Gasteiger partial charge in [-0.25, -0.2) is 13.2 Å². The summed E-state index contributed by atoms with van der Waals surface area (Å²) in [4.78, 5) is 22.1. The normalized spacial score (nSPS) is 12.4. The molecular weight excluding hydrogens is 574 g/mol. The molecule has 4 nitrogen and oxygen atoms in total. The molecule has 0 aliphatic heterocycles. The Morgan fingerprint density at radius 3 is 2.12 bits per heavy atom. The fourth-order valence-corrected chi connectivity index (χ4v) is 6.13. The molecule has 0 saturated carbocycles. The monoisotopic (exact) mass is 604 g/mol. The summed E-state index contributed by atoms with van der Waals surface area (Å²) in [7, 11) is 0. The quantitative estimate of drug-likeness (QED) is 0.132. The highest BCUT2D eigenvalue weighted by Crippen LogP contribution is 2.40. The Hall–Kier alpha value is -2.83. The predicted molar refractivity (Wildman–Crippen MR) is 148 cm³/mol. The highest BCUT2D eigenvalue weighted by molar-refractivity contribution is 7.99. The molecule has 3 rings (SSSR count). The van der Waals surface area contributed by atoms with Crippen LogP contribution in [0.2, 0.25) is 0 Å². The number of hydrogen-bond acceptors (Lipinski definition) is 5. The number of thioether (sulfide) groups is 1. The van der Waals surface area contributed by atoms with Crippen molar-refractivity contribution in [3.63, 3.8) is 0 Å². The number of aryl methyl sites for hydroxylation is 2. The maximum Gasteiger partial charge on any atom is 0.416 e. The molecule has 3 aromatic rings. The first kappa shape index (κ1) is 33.4. The van der Waals surface area contributed by atoms with Crippen LogP contribution in [-0.4, -0.2) is 38.4 Å². The van der Waals surface area contributed by atoms with E-state index in [1.807, 2.05) is 39.7 Å². The minimum Gasteiger partial charge on any atom is -0.351 e. The van der Waals surface area contributed by atoms with Crippen LogP contribution < -0.4 is 10.6 Å². The molecule has 1 amide bonds. The first-order valence-electron chi connectivity index (χ1n) is 12.1. The van der Waals surface area contributed by atoms with Gasteiger partial charge >= 0.3 is 6.18 Å². The second-order valence-electron chi connectivity index (χ2n) is 8.83. The summed E-state index contributed by atoms with van der Waals surface area (Å²) in [6.07, 6.45) is -3.66. The standard InChI is InChI=1S/C27H28F6N2OS2.CH2O/c1-4-11-34-24(36)21-9-10-22(38-21)25(35-15-26(29,30)14-28)37-20-12-16(2)23(17(3)13-20)18-5-7-19(8-6-18)27(31,32)33;1-2/h5-10,12-13,25,35H,4,11,14-15H2,1-3H3,(H,34,36);1H2. The number of carbonyl (C=O) groups is 2. The van der Waals surface area contributed by atoms with Gasteiger partial charge in [0.1, 0.15) is 6.79 Å². The predicted octanol–water partition coefficient (Wildman–Crippen LogP) is 7.99. The highest BCUT2D eigenvalue weighted by atomic mass is 32.2. The van der Waals surface area contributed by atoms with Crippen molar-refractivity contribution in [2.75, 3.05) is 19.8 Å². The smallest absolute Gasteiger partial charge is 0.351 e. The van der Waals surface area contributed by atoms with Crippen LogP contribution in [0.15, 0.2) is 53.4 Å². The minimum atomic E-state index is -4.43. The van der Waals surface area contributed by atoms with Crippen LogP contribution in [0.5, 0.6) is 0 Å². The van der Waals surface area contributed by atoms with E-state index in [2.05, 4.69) is 10.6 Å². The number of nitrogens with one attached hydrogen (secondary N) is 2. The fraction of sp³-hybridized carbons (Fsp3) is 0.357. The number of rotatable bonds is 11. The van der Waals surface area contributed by atoms with Crippen LogP contribution in [0.1, 0.15) is 50.0 Å². The summed E-state index contributed by atoms with van der Waals surface area (Å²) < 4.78 is 79.1. The molecule has 0 aliphatic carbocycles. The van der Waals surface area contributed by atoms with Crippen LogP contribution in [0.3, 0.4) is 0 Å². The average Bonchev–Trinajstić information content (AvgIpc) is 3.41. The third-order valence-electron chi connectivity index (χ3n) is 5.65. The molecule has 0 aliphatic rings. The largest absolute Gasteiger partial charge is 0.416 e. The van der Waals surface area contributed by atoms with E-state index in [0.717, 1.165) is 51.5 Å². The molecule has 0 fully saturated rings. The zero-order chi connectivity index (χ0) is 30.1. The van der Waals surface area contributed by atoms with Crippen molar-refractivity contribution in [1.82, 2.24) is 10.6 Å². The van der Waals surface area contributed by atoms with Crippen molar-refractivity contribution in [3.8, 4) is 11.1 Å². The first-order valence-corrected chi connectivity index (χ1v) is 13.8. The summed E-state index contributed by atoms with van der Waals surface area (Å²) in [5, 5.41) is 4.80. The number of carbonyl (C=O) groups excluding carboxylic acids is 2. The Morgan fingerprint density at radius 1 is 1.00 bits per heavy atom. The number of hydrogen-bond donors (Lipinski definition) is 2. The van der Waals surface area contributed by atoms with E-state index >= 15 is 0 Å². The van der Waals surface area contributed by atoms with Crippen molar-refractivity contribution < 1.29 is 35.9 Å². The van der Waals surface area contributed by atoms with Crippen LogP contribution in [0.4, 0.5) is 26.3 Å². The Morgan fingerprint density at radius 2 is 1.60 bits per heavy atom. The maximum absolute atomic E-state index is 13.7. The molecule has 0 radical (unpaired) electrons. The third-order valence-corrected chi connectivity index (χ3v) is 8.11.